The highest BCUT2D eigenvalue weighted by Gasteiger charge is 2.23. The van der Waals surface area contributed by atoms with Crippen molar-refractivity contribution in [3.63, 3.8) is 0 Å². The first-order chi connectivity index (χ1) is 17.2. The molecule has 2 aromatic heterocycles. The van der Waals surface area contributed by atoms with Crippen LogP contribution < -0.4 is 10.6 Å². The lowest BCUT2D eigenvalue weighted by atomic mass is 9.97. The van der Waals surface area contributed by atoms with E-state index in [1.54, 1.807) is 6.20 Å². The summed E-state index contributed by atoms with van der Waals surface area (Å²) < 4.78 is 0. The van der Waals surface area contributed by atoms with Crippen molar-refractivity contribution in [2.45, 2.75) is 25.9 Å². The van der Waals surface area contributed by atoms with Crippen molar-refractivity contribution in [3.8, 4) is 33.8 Å². The molecule has 1 saturated heterocycles. The predicted octanol–water partition coefficient (Wildman–Crippen LogP) is 3.49. The topological polar surface area (TPSA) is 112 Å². The Bertz CT molecular complexity index is 1260. The van der Waals surface area contributed by atoms with E-state index in [0.29, 0.717) is 12.4 Å². The van der Waals surface area contributed by atoms with Crippen LogP contribution in [0.3, 0.4) is 0 Å². The number of hydrogen-bond donors (Lipinski definition) is 3. The van der Waals surface area contributed by atoms with Crippen molar-refractivity contribution in [2.24, 2.45) is 0 Å². The van der Waals surface area contributed by atoms with Gasteiger partial charge in [-0.1, -0.05) is 54.6 Å². The lowest BCUT2D eigenvalue weighted by Crippen LogP contribution is -2.43. The van der Waals surface area contributed by atoms with E-state index in [4.69, 9.17) is 4.98 Å². The van der Waals surface area contributed by atoms with E-state index in [1.807, 2.05) is 25.1 Å². The molecule has 0 spiro atoms. The Kier molecular flexibility index (Phi) is 6.76. The number of likely N-dealkylation sites (tertiary alicyclic amines) is 1. The van der Waals surface area contributed by atoms with Crippen molar-refractivity contribution in [1.29, 1.82) is 0 Å². The number of tetrazole rings is 1. The maximum Gasteiger partial charge on any atom is 0.315 e. The lowest BCUT2D eigenvalue weighted by Gasteiger charge is -2.17. The molecule has 0 bridgehead atoms. The number of aromatic amines is 1. The molecule has 0 aliphatic carbocycles. The fourth-order valence-corrected chi connectivity index (χ4v) is 4.46. The number of hydrogen-bond acceptors (Lipinski definition) is 6. The number of carbonyl (C=O) groups is 1. The van der Waals surface area contributed by atoms with Gasteiger partial charge in [0.1, 0.15) is 0 Å². The minimum atomic E-state index is -0.0872. The van der Waals surface area contributed by atoms with Crippen LogP contribution in [0, 0.1) is 0 Å². The van der Waals surface area contributed by atoms with Gasteiger partial charge < -0.3 is 10.6 Å². The van der Waals surface area contributed by atoms with E-state index >= 15 is 0 Å². The molecule has 1 fully saturated rings. The largest absolute Gasteiger partial charge is 0.338 e. The molecule has 35 heavy (non-hydrogen) atoms. The summed E-state index contributed by atoms with van der Waals surface area (Å²) in [5.74, 6) is 0.516. The number of pyridine rings is 1. The second kappa shape index (κ2) is 10.4. The summed E-state index contributed by atoms with van der Waals surface area (Å²) in [6.45, 7) is 5.23. The first-order valence-corrected chi connectivity index (χ1v) is 11.8. The zero-order valence-electron chi connectivity index (χ0n) is 19.6. The van der Waals surface area contributed by atoms with Crippen molar-refractivity contribution >= 4 is 6.03 Å². The minimum Gasteiger partial charge on any atom is -0.338 e. The first-order valence-electron chi connectivity index (χ1n) is 11.8. The quantitative estimate of drug-likeness (QED) is 0.383. The molecule has 9 nitrogen and oxygen atoms in total. The zero-order valence-corrected chi connectivity index (χ0v) is 19.6. The van der Waals surface area contributed by atoms with Gasteiger partial charge in [0, 0.05) is 55.1 Å². The molecule has 2 aromatic carbocycles. The fraction of sp³-hybridized carbons (Fsp3) is 0.269. The van der Waals surface area contributed by atoms with Crippen molar-refractivity contribution < 1.29 is 4.79 Å². The molecule has 3 heterocycles. The van der Waals surface area contributed by atoms with Crippen LogP contribution in [0.2, 0.25) is 0 Å². The van der Waals surface area contributed by atoms with Gasteiger partial charge in [-0.15, -0.1) is 10.2 Å². The summed E-state index contributed by atoms with van der Waals surface area (Å²) in [4.78, 5) is 19.0. The maximum atomic E-state index is 11.8. The SMILES string of the molecule is CCNC(=O)N[C@@H]1CCN(Cc2ccc(-c3ncc(-c4nn[nH]n4)cc3-c3ccccc3)cc2)C1. The number of aromatic nitrogens is 5. The third-order valence-electron chi connectivity index (χ3n) is 6.15. The van der Waals surface area contributed by atoms with Gasteiger partial charge in [0.15, 0.2) is 0 Å². The Morgan fingerprint density at radius 3 is 2.66 bits per heavy atom. The van der Waals surface area contributed by atoms with Crippen molar-refractivity contribution in [3.05, 3.63) is 72.4 Å². The standard InChI is InChI=1S/C26H28N8O/c1-2-27-26(35)29-22-12-13-34(17-22)16-18-8-10-20(11-9-18)24-23(19-6-4-3-5-7-19)14-21(15-28-24)25-30-32-33-31-25/h3-11,14-15,22H,2,12-13,16-17H2,1H3,(H2,27,29,35)(H,30,31,32,33)/t22-/m1/s1. The molecular formula is C26H28N8O. The average molecular weight is 469 g/mol. The maximum absolute atomic E-state index is 11.8. The van der Waals surface area contributed by atoms with Gasteiger partial charge in [-0.25, -0.2) is 4.79 Å². The monoisotopic (exact) mass is 468 g/mol. The van der Waals surface area contributed by atoms with E-state index in [0.717, 1.165) is 54.0 Å². The molecule has 4 aromatic rings. The highest BCUT2D eigenvalue weighted by Crippen LogP contribution is 2.33. The molecule has 0 radical (unpaired) electrons. The number of nitrogens with zero attached hydrogens (tertiary/aromatic N) is 5. The molecule has 1 aliphatic heterocycles. The second-order valence-electron chi connectivity index (χ2n) is 8.64. The first kappa shape index (κ1) is 22.7. The smallest absolute Gasteiger partial charge is 0.315 e. The summed E-state index contributed by atoms with van der Waals surface area (Å²) in [6.07, 6.45) is 2.75. The molecule has 2 amide bonds. The molecule has 5 rings (SSSR count). The van der Waals surface area contributed by atoms with Gasteiger partial charge in [0.05, 0.1) is 5.69 Å². The van der Waals surface area contributed by atoms with Crippen molar-refractivity contribution in [2.75, 3.05) is 19.6 Å². The predicted molar refractivity (Wildman–Crippen MR) is 134 cm³/mol. The van der Waals surface area contributed by atoms with Crippen LogP contribution in [0.25, 0.3) is 33.8 Å². The molecule has 0 saturated carbocycles. The van der Waals surface area contributed by atoms with Gasteiger partial charge in [-0.2, -0.15) is 5.21 Å². The molecule has 0 unspecified atom stereocenters. The number of benzene rings is 2. The van der Waals surface area contributed by atoms with Crippen molar-refractivity contribution in [1.82, 2.24) is 41.1 Å². The normalized spacial score (nSPS) is 15.7. The molecule has 178 valence electrons. The zero-order chi connectivity index (χ0) is 24.0. The highest BCUT2D eigenvalue weighted by molar-refractivity contribution is 5.83. The third kappa shape index (κ3) is 5.36. The van der Waals surface area contributed by atoms with Crippen LogP contribution in [0.4, 0.5) is 4.79 Å². The number of amides is 2. The van der Waals surface area contributed by atoms with Crippen LogP contribution >= 0.6 is 0 Å². The second-order valence-corrected chi connectivity index (χ2v) is 8.64. The minimum absolute atomic E-state index is 0.0872. The van der Waals surface area contributed by atoms with Crippen LogP contribution in [0.15, 0.2) is 66.9 Å². The number of carbonyl (C=O) groups excluding carboxylic acids is 1. The van der Waals surface area contributed by atoms with Gasteiger partial charge in [0.2, 0.25) is 5.82 Å². The lowest BCUT2D eigenvalue weighted by molar-refractivity contribution is 0.236. The fourth-order valence-electron chi connectivity index (χ4n) is 4.46. The van der Waals surface area contributed by atoms with Gasteiger partial charge >= 0.3 is 6.03 Å². The summed E-state index contributed by atoms with van der Waals surface area (Å²) >= 11 is 0. The van der Waals surface area contributed by atoms with E-state index < -0.39 is 0 Å². The Morgan fingerprint density at radius 1 is 1.09 bits per heavy atom. The molecule has 1 aliphatic rings. The summed E-state index contributed by atoms with van der Waals surface area (Å²) in [6, 6.07) is 20.9. The van der Waals surface area contributed by atoms with E-state index in [-0.39, 0.29) is 12.1 Å². The number of rotatable bonds is 7. The van der Waals surface area contributed by atoms with Gasteiger partial charge in [-0.05, 0) is 35.8 Å². The third-order valence-corrected chi connectivity index (χ3v) is 6.15. The summed E-state index contributed by atoms with van der Waals surface area (Å²) in [5.41, 5.74) is 6.08. The van der Waals surface area contributed by atoms with Gasteiger partial charge in [0.25, 0.3) is 0 Å². The average Bonchev–Trinajstić information content (AvgIpc) is 3.58. The van der Waals surface area contributed by atoms with Gasteiger partial charge in [-0.3, -0.25) is 9.88 Å². The Morgan fingerprint density at radius 2 is 1.91 bits per heavy atom. The van der Waals surface area contributed by atoms with E-state index in [2.05, 4.69) is 78.6 Å². The van der Waals surface area contributed by atoms with Crippen LogP contribution in [0.5, 0.6) is 0 Å². The summed E-state index contributed by atoms with van der Waals surface area (Å²) in [7, 11) is 0. The van der Waals surface area contributed by atoms with E-state index in [9.17, 15) is 4.79 Å². The molecule has 1 atom stereocenters. The molecule has 3 N–H and O–H groups in total. The molecule has 9 heteroatoms. The Balaban J connectivity index is 1.33. The number of urea groups is 1. The van der Waals surface area contributed by atoms with Crippen LogP contribution in [0.1, 0.15) is 18.9 Å². The van der Waals surface area contributed by atoms with Crippen LogP contribution in [-0.2, 0) is 6.54 Å². The van der Waals surface area contributed by atoms with Crippen LogP contribution in [-0.4, -0.2) is 62.2 Å². The Labute approximate surface area is 204 Å². The number of H-pyrrole nitrogens is 1. The molecular weight excluding hydrogens is 440 g/mol. The van der Waals surface area contributed by atoms with E-state index in [1.165, 1.54) is 5.56 Å². The summed E-state index contributed by atoms with van der Waals surface area (Å²) in [5, 5.41) is 20.2. The highest BCUT2D eigenvalue weighted by atomic mass is 16.2. The number of nitrogens with one attached hydrogen (secondary N) is 3. The Hall–Kier alpha value is -4.11.